The Balaban J connectivity index is 2.03. The fourth-order valence-corrected chi connectivity index (χ4v) is 3.05. The molecule has 0 saturated carbocycles. The molecule has 0 heterocycles. The minimum Gasteiger partial charge on any atom is -0.481 e. The van der Waals surface area contributed by atoms with Crippen LogP contribution in [-0.2, 0) is 24.0 Å². The van der Waals surface area contributed by atoms with E-state index in [1.54, 1.807) is 0 Å². The number of halogens is 5. The van der Waals surface area contributed by atoms with E-state index in [2.05, 4.69) is 15.4 Å². The summed E-state index contributed by atoms with van der Waals surface area (Å²) >= 11 is 0. The molecule has 2 aromatic carbocycles. The minimum absolute atomic E-state index is 0.00848. The molecule has 0 saturated heterocycles. The number of carbonyl (C=O) groups excluding carboxylic acids is 4. The summed E-state index contributed by atoms with van der Waals surface area (Å²) in [5, 5.41) is 13.2. The molecule has 3 N–H and O–H groups in total. The monoisotopic (exact) mass is 544 g/mol. The van der Waals surface area contributed by atoms with Crippen LogP contribution in [0.5, 0.6) is 5.75 Å². The van der Waals surface area contributed by atoms with Crippen LogP contribution in [0.3, 0.4) is 0 Å². The second-order valence-corrected chi connectivity index (χ2v) is 8.04. The Morgan fingerprint density at radius 2 is 1.61 bits per heavy atom. The SMILES string of the molecule is C[C@H](CC(=O)C(=O)Nc1cccc(F)c1)C(=O)N[C@@H](CCC(=O)O)C(=O)COc1c(F)c(F)cc(F)c1F. The highest BCUT2D eigenvalue weighted by atomic mass is 19.2. The molecule has 0 unspecified atom stereocenters. The van der Waals surface area contributed by atoms with Crippen molar-refractivity contribution < 1.29 is 55.8 Å². The molecular weight excluding hydrogens is 523 g/mol. The maximum absolute atomic E-state index is 13.8. The largest absolute Gasteiger partial charge is 0.481 e. The quantitative estimate of drug-likeness (QED) is 0.200. The third kappa shape index (κ3) is 8.35. The van der Waals surface area contributed by atoms with Crippen molar-refractivity contribution in [2.45, 2.75) is 32.2 Å². The maximum Gasteiger partial charge on any atom is 0.303 e. The summed E-state index contributed by atoms with van der Waals surface area (Å²) in [6, 6.07) is 3.01. The predicted molar refractivity (Wildman–Crippen MR) is 119 cm³/mol. The van der Waals surface area contributed by atoms with Crippen LogP contribution in [0, 0.1) is 35.0 Å². The summed E-state index contributed by atoms with van der Waals surface area (Å²) in [7, 11) is 0. The lowest BCUT2D eigenvalue weighted by Crippen LogP contribution is -2.45. The van der Waals surface area contributed by atoms with Gasteiger partial charge in [0.2, 0.25) is 23.3 Å². The molecule has 0 fully saturated rings. The number of hydrogen-bond donors (Lipinski definition) is 3. The summed E-state index contributed by atoms with van der Waals surface area (Å²) in [5.41, 5.74) is -0.00848. The Morgan fingerprint density at radius 1 is 0.974 bits per heavy atom. The molecule has 9 nitrogen and oxygen atoms in total. The molecule has 0 radical (unpaired) electrons. The van der Waals surface area contributed by atoms with Gasteiger partial charge in [-0.25, -0.2) is 13.2 Å². The molecule has 0 aliphatic carbocycles. The van der Waals surface area contributed by atoms with Crippen LogP contribution in [0.1, 0.15) is 26.2 Å². The summed E-state index contributed by atoms with van der Waals surface area (Å²) in [4.78, 5) is 60.2. The van der Waals surface area contributed by atoms with Crippen LogP contribution in [0.15, 0.2) is 30.3 Å². The first-order valence-corrected chi connectivity index (χ1v) is 10.9. The second kappa shape index (κ2) is 13.3. The van der Waals surface area contributed by atoms with Crippen molar-refractivity contribution in [3.05, 3.63) is 59.4 Å². The number of carbonyl (C=O) groups is 5. The highest BCUT2D eigenvalue weighted by molar-refractivity contribution is 6.40. The van der Waals surface area contributed by atoms with Crippen LogP contribution >= 0.6 is 0 Å². The highest BCUT2D eigenvalue weighted by Crippen LogP contribution is 2.26. The van der Waals surface area contributed by atoms with Gasteiger partial charge in [0, 0.05) is 30.5 Å². The van der Waals surface area contributed by atoms with E-state index < -0.39 is 102 Å². The van der Waals surface area contributed by atoms with E-state index in [1.165, 1.54) is 19.1 Å². The zero-order valence-corrected chi connectivity index (χ0v) is 19.7. The number of ketones is 2. The zero-order valence-electron chi connectivity index (χ0n) is 19.7. The van der Waals surface area contributed by atoms with Crippen molar-refractivity contribution in [1.29, 1.82) is 0 Å². The van der Waals surface area contributed by atoms with Crippen LogP contribution in [0.25, 0.3) is 0 Å². The number of anilines is 1. The Labute approximate surface area is 212 Å². The summed E-state index contributed by atoms with van der Waals surface area (Å²) in [6.07, 6.45) is -1.80. The average Bonchev–Trinajstić information content (AvgIpc) is 2.84. The van der Waals surface area contributed by atoms with E-state index in [1.807, 2.05) is 0 Å². The summed E-state index contributed by atoms with van der Waals surface area (Å²) in [5.74, 6) is -16.4. The number of nitrogens with one attached hydrogen (secondary N) is 2. The number of hydrogen-bond acceptors (Lipinski definition) is 6. The van der Waals surface area contributed by atoms with E-state index in [4.69, 9.17) is 5.11 Å². The molecule has 0 bridgehead atoms. The maximum atomic E-state index is 13.8. The van der Waals surface area contributed by atoms with Crippen molar-refractivity contribution in [2.24, 2.45) is 5.92 Å². The van der Waals surface area contributed by atoms with Gasteiger partial charge < -0.3 is 20.5 Å². The van der Waals surface area contributed by atoms with Crippen molar-refractivity contribution in [2.75, 3.05) is 11.9 Å². The van der Waals surface area contributed by atoms with Gasteiger partial charge in [-0.15, -0.1) is 0 Å². The molecule has 2 aromatic rings. The number of carboxylic acids is 1. The molecule has 0 aromatic heterocycles. The predicted octanol–water partition coefficient (Wildman–Crippen LogP) is 2.91. The summed E-state index contributed by atoms with van der Waals surface area (Å²) in [6.45, 7) is 0.0167. The Kier molecular flexibility index (Phi) is 10.4. The highest BCUT2D eigenvalue weighted by Gasteiger charge is 2.28. The fraction of sp³-hybridized carbons (Fsp3) is 0.292. The topological polar surface area (TPSA) is 139 Å². The first kappa shape index (κ1) is 29.9. The van der Waals surface area contributed by atoms with Gasteiger partial charge in [-0.3, -0.25) is 24.0 Å². The van der Waals surface area contributed by atoms with E-state index in [-0.39, 0.29) is 11.8 Å². The van der Waals surface area contributed by atoms with E-state index in [0.29, 0.717) is 0 Å². The van der Waals surface area contributed by atoms with Gasteiger partial charge in [0.05, 0.1) is 6.04 Å². The number of aliphatic carboxylic acids is 1. The Hall–Kier alpha value is -4.36. The van der Waals surface area contributed by atoms with Crippen LogP contribution in [0.2, 0.25) is 0 Å². The first-order valence-electron chi connectivity index (χ1n) is 10.9. The van der Waals surface area contributed by atoms with E-state index in [9.17, 15) is 45.9 Å². The lowest BCUT2D eigenvalue weighted by molar-refractivity contribution is -0.139. The van der Waals surface area contributed by atoms with Gasteiger partial charge in [-0.05, 0) is 24.6 Å². The molecule has 0 aliphatic rings. The number of Topliss-reactive ketones (excluding diaryl/α,β-unsaturated/α-hetero) is 2. The van der Waals surface area contributed by atoms with Crippen molar-refractivity contribution in [3.8, 4) is 5.75 Å². The lowest BCUT2D eigenvalue weighted by atomic mass is 10.0. The van der Waals surface area contributed by atoms with E-state index >= 15 is 0 Å². The Bertz CT molecular complexity index is 1230. The van der Waals surface area contributed by atoms with Gasteiger partial charge in [-0.1, -0.05) is 13.0 Å². The van der Waals surface area contributed by atoms with Gasteiger partial charge in [0.15, 0.2) is 23.2 Å². The van der Waals surface area contributed by atoms with Crippen molar-refractivity contribution >= 4 is 35.0 Å². The number of amides is 2. The van der Waals surface area contributed by atoms with Gasteiger partial charge in [0.25, 0.3) is 5.91 Å². The van der Waals surface area contributed by atoms with Crippen molar-refractivity contribution in [3.63, 3.8) is 0 Å². The van der Waals surface area contributed by atoms with Crippen LogP contribution in [0.4, 0.5) is 27.6 Å². The molecule has 14 heteroatoms. The second-order valence-electron chi connectivity index (χ2n) is 8.04. The Morgan fingerprint density at radius 3 is 2.18 bits per heavy atom. The third-order valence-corrected chi connectivity index (χ3v) is 5.06. The molecule has 0 spiro atoms. The van der Waals surface area contributed by atoms with Gasteiger partial charge in [0.1, 0.15) is 12.4 Å². The molecule has 38 heavy (non-hydrogen) atoms. The van der Waals surface area contributed by atoms with Gasteiger partial charge >= 0.3 is 5.97 Å². The fourth-order valence-electron chi connectivity index (χ4n) is 3.05. The average molecular weight is 544 g/mol. The smallest absolute Gasteiger partial charge is 0.303 e. The molecule has 0 aliphatic heterocycles. The van der Waals surface area contributed by atoms with Gasteiger partial charge in [-0.2, -0.15) is 8.78 Å². The van der Waals surface area contributed by atoms with Crippen LogP contribution in [-0.4, -0.2) is 47.1 Å². The molecule has 2 rings (SSSR count). The molecule has 2 amide bonds. The standard InChI is InChI=1S/C24H21F5N2O7/c1-11(7-17(32)24(37)30-13-4-2-3-12(25)8-13)23(36)31-16(5-6-19(34)35)18(33)10-38-22-20(28)14(26)9-15(27)21(22)29/h2-4,8-9,11,16H,5-7,10H2,1H3,(H,30,37)(H,31,36)(H,34,35)/t11-,16+/m1/s1. The minimum atomic E-state index is -1.91. The summed E-state index contributed by atoms with van der Waals surface area (Å²) < 4.78 is 72.0. The van der Waals surface area contributed by atoms with Crippen LogP contribution < -0.4 is 15.4 Å². The number of rotatable bonds is 13. The van der Waals surface area contributed by atoms with E-state index in [0.717, 1.165) is 12.1 Å². The lowest BCUT2D eigenvalue weighted by Gasteiger charge is -2.20. The zero-order chi connectivity index (χ0) is 28.6. The van der Waals surface area contributed by atoms with Crippen molar-refractivity contribution in [1.82, 2.24) is 5.32 Å². The molecular formula is C24H21F5N2O7. The number of ether oxygens (including phenoxy) is 1. The number of benzene rings is 2. The molecule has 2 atom stereocenters. The third-order valence-electron chi connectivity index (χ3n) is 5.06. The number of carboxylic acid groups (broad SMARTS) is 1. The first-order chi connectivity index (χ1) is 17.8. The normalized spacial score (nSPS) is 12.3. The molecule has 204 valence electrons.